The monoisotopic (exact) mass is 254 g/mol. The minimum atomic E-state index is -0.617. The lowest BCUT2D eigenvalue weighted by molar-refractivity contribution is 0.568. The predicted octanol–water partition coefficient (Wildman–Crippen LogP) is 4.03. The molecule has 0 aromatic heterocycles. The molecular formula is C8H6BrClF2. The van der Waals surface area contributed by atoms with Gasteiger partial charge in [-0.2, -0.15) is 0 Å². The van der Waals surface area contributed by atoms with E-state index < -0.39 is 17.0 Å². The number of halogens is 4. The molecule has 0 amide bonds. The molecule has 0 bridgehead atoms. The van der Waals surface area contributed by atoms with Gasteiger partial charge in [0.15, 0.2) is 0 Å². The van der Waals surface area contributed by atoms with Gasteiger partial charge in [0.05, 0.1) is 9.85 Å². The van der Waals surface area contributed by atoms with Gasteiger partial charge in [-0.1, -0.05) is 0 Å². The summed E-state index contributed by atoms with van der Waals surface area (Å²) in [6.07, 6.45) is 0. The maximum absolute atomic E-state index is 12.9. The Hall–Kier alpha value is -0.150. The molecular weight excluding hydrogens is 249 g/mol. The van der Waals surface area contributed by atoms with E-state index in [2.05, 4.69) is 15.9 Å². The molecule has 0 N–H and O–H groups in total. The van der Waals surface area contributed by atoms with Crippen LogP contribution in [0.4, 0.5) is 8.78 Å². The molecule has 0 aliphatic rings. The number of benzene rings is 1. The summed E-state index contributed by atoms with van der Waals surface area (Å²) in [6, 6.07) is 2.17. The Bertz CT molecular complexity index is 299. The highest BCUT2D eigenvalue weighted by Gasteiger charge is 2.11. The van der Waals surface area contributed by atoms with E-state index in [0.717, 1.165) is 6.07 Å². The van der Waals surface area contributed by atoms with Crippen molar-refractivity contribution >= 4 is 27.5 Å². The highest BCUT2D eigenvalue weighted by atomic mass is 79.9. The van der Waals surface area contributed by atoms with Gasteiger partial charge in [0.1, 0.15) is 11.6 Å². The van der Waals surface area contributed by atoms with Gasteiger partial charge in [-0.3, -0.25) is 0 Å². The van der Waals surface area contributed by atoms with Crippen LogP contribution in [0, 0.1) is 11.6 Å². The van der Waals surface area contributed by atoms with Gasteiger partial charge >= 0.3 is 0 Å². The van der Waals surface area contributed by atoms with Gasteiger partial charge in [-0.05, 0) is 28.9 Å². The molecule has 1 aromatic carbocycles. The lowest BCUT2D eigenvalue weighted by Crippen LogP contribution is -1.92. The molecule has 1 aromatic rings. The van der Waals surface area contributed by atoms with Crippen LogP contribution in [-0.2, 0) is 0 Å². The summed E-state index contributed by atoms with van der Waals surface area (Å²) in [5, 5.41) is -0.457. The van der Waals surface area contributed by atoms with Gasteiger partial charge in [0.25, 0.3) is 0 Å². The first-order valence-corrected chi connectivity index (χ1v) is 4.54. The molecule has 1 atom stereocenters. The van der Waals surface area contributed by atoms with E-state index in [1.165, 1.54) is 6.07 Å². The third-order valence-electron chi connectivity index (χ3n) is 1.47. The van der Waals surface area contributed by atoms with Crippen LogP contribution in [0.1, 0.15) is 17.9 Å². The molecule has 0 saturated heterocycles. The molecule has 1 unspecified atom stereocenters. The maximum atomic E-state index is 12.9. The Morgan fingerprint density at radius 3 is 2.42 bits per heavy atom. The van der Waals surface area contributed by atoms with Crippen molar-refractivity contribution in [2.24, 2.45) is 0 Å². The number of alkyl halides is 1. The van der Waals surface area contributed by atoms with Crippen molar-refractivity contribution in [1.29, 1.82) is 0 Å². The smallest absolute Gasteiger partial charge is 0.140 e. The van der Waals surface area contributed by atoms with E-state index in [0.29, 0.717) is 5.56 Å². The predicted molar refractivity (Wildman–Crippen MR) is 48.3 cm³/mol. The molecule has 0 saturated carbocycles. The molecule has 0 spiro atoms. The summed E-state index contributed by atoms with van der Waals surface area (Å²) in [4.78, 5) is 0. The zero-order chi connectivity index (χ0) is 9.30. The molecule has 1 rings (SSSR count). The van der Waals surface area contributed by atoms with E-state index in [1.807, 2.05) is 0 Å². The first-order valence-electron chi connectivity index (χ1n) is 3.31. The molecule has 0 radical (unpaired) electrons. The second-order valence-corrected chi connectivity index (χ2v) is 3.91. The molecule has 66 valence electrons. The fourth-order valence-electron chi connectivity index (χ4n) is 0.843. The fraction of sp³-hybridized carbons (Fsp3) is 0.250. The van der Waals surface area contributed by atoms with Gasteiger partial charge in [0.2, 0.25) is 0 Å². The Kier molecular flexibility index (Phi) is 3.07. The number of hydrogen-bond acceptors (Lipinski definition) is 0. The maximum Gasteiger partial charge on any atom is 0.140 e. The zero-order valence-electron chi connectivity index (χ0n) is 6.24. The van der Waals surface area contributed by atoms with Crippen molar-refractivity contribution in [3.05, 3.63) is 33.8 Å². The Balaban J connectivity index is 3.23. The van der Waals surface area contributed by atoms with Crippen molar-refractivity contribution in [3.63, 3.8) is 0 Å². The molecule has 0 aliphatic carbocycles. The van der Waals surface area contributed by atoms with Crippen molar-refractivity contribution < 1.29 is 8.78 Å². The van der Waals surface area contributed by atoms with E-state index in [-0.39, 0.29) is 4.47 Å². The van der Waals surface area contributed by atoms with Crippen molar-refractivity contribution in [3.8, 4) is 0 Å². The Labute approximate surface area is 82.7 Å². The Morgan fingerprint density at radius 2 is 1.92 bits per heavy atom. The molecule has 0 nitrogen and oxygen atoms in total. The highest BCUT2D eigenvalue weighted by molar-refractivity contribution is 9.10. The van der Waals surface area contributed by atoms with E-state index in [1.54, 1.807) is 6.92 Å². The standard InChI is InChI=1S/C8H6BrClF2/c1-4(10)5-2-6(9)8(12)3-7(5)11/h2-4H,1H3. The fourth-order valence-corrected chi connectivity index (χ4v) is 1.37. The van der Waals surface area contributed by atoms with Crippen LogP contribution in [0.25, 0.3) is 0 Å². The van der Waals surface area contributed by atoms with E-state index in [4.69, 9.17) is 11.6 Å². The van der Waals surface area contributed by atoms with Crippen molar-refractivity contribution in [1.82, 2.24) is 0 Å². The van der Waals surface area contributed by atoms with Crippen LogP contribution in [0.5, 0.6) is 0 Å². The van der Waals surface area contributed by atoms with Gasteiger partial charge in [0, 0.05) is 11.6 Å². The number of rotatable bonds is 1. The first-order chi connectivity index (χ1) is 5.52. The second-order valence-electron chi connectivity index (χ2n) is 2.40. The summed E-state index contributed by atoms with van der Waals surface area (Å²) >= 11 is 8.60. The van der Waals surface area contributed by atoms with Crippen LogP contribution in [0.2, 0.25) is 0 Å². The molecule has 4 heteroatoms. The quantitative estimate of drug-likeness (QED) is 0.525. The average Bonchev–Trinajstić information content (AvgIpc) is 1.96. The summed E-state index contributed by atoms with van der Waals surface area (Å²) in [7, 11) is 0. The van der Waals surface area contributed by atoms with Gasteiger partial charge < -0.3 is 0 Å². The van der Waals surface area contributed by atoms with Crippen LogP contribution in [0.15, 0.2) is 16.6 Å². The lowest BCUT2D eigenvalue weighted by atomic mass is 10.1. The SMILES string of the molecule is CC(Cl)c1cc(Br)c(F)cc1F. The van der Waals surface area contributed by atoms with E-state index in [9.17, 15) is 8.78 Å². The average molecular weight is 255 g/mol. The third-order valence-corrected chi connectivity index (χ3v) is 2.31. The summed E-state index contributed by atoms with van der Waals surface area (Å²) in [5.74, 6) is -1.23. The van der Waals surface area contributed by atoms with Crippen LogP contribution in [0.3, 0.4) is 0 Å². The summed E-state index contributed by atoms with van der Waals surface area (Å²) in [5.41, 5.74) is 0.296. The summed E-state index contributed by atoms with van der Waals surface area (Å²) in [6.45, 7) is 1.63. The summed E-state index contributed by atoms with van der Waals surface area (Å²) < 4.78 is 25.9. The molecule has 0 heterocycles. The zero-order valence-corrected chi connectivity index (χ0v) is 8.59. The van der Waals surface area contributed by atoms with Crippen LogP contribution < -0.4 is 0 Å². The van der Waals surface area contributed by atoms with Crippen molar-refractivity contribution in [2.45, 2.75) is 12.3 Å². The minimum Gasteiger partial charge on any atom is -0.207 e. The minimum absolute atomic E-state index is 0.228. The van der Waals surface area contributed by atoms with E-state index >= 15 is 0 Å². The second kappa shape index (κ2) is 3.71. The largest absolute Gasteiger partial charge is 0.207 e. The van der Waals surface area contributed by atoms with Gasteiger partial charge in [-0.25, -0.2) is 8.78 Å². The molecule has 0 fully saturated rings. The highest BCUT2D eigenvalue weighted by Crippen LogP contribution is 2.27. The first kappa shape index (κ1) is 9.93. The third kappa shape index (κ3) is 1.96. The Morgan fingerprint density at radius 1 is 1.33 bits per heavy atom. The normalized spacial score (nSPS) is 13.1. The molecule has 12 heavy (non-hydrogen) atoms. The lowest BCUT2D eigenvalue weighted by Gasteiger charge is -2.05. The van der Waals surface area contributed by atoms with Gasteiger partial charge in [-0.15, -0.1) is 11.6 Å². The molecule has 0 aliphatic heterocycles. The number of hydrogen-bond donors (Lipinski definition) is 0. The van der Waals surface area contributed by atoms with Crippen LogP contribution in [-0.4, -0.2) is 0 Å². The topological polar surface area (TPSA) is 0 Å². The van der Waals surface area contributed by atoms with Crippen molar-refractivity contribution in [2.75, 3.05) is 0 Å². The van der Waals surface area contributed by atoms with Crippen LogP contribution >= 0.6 is 27.5 Å².